The third kappa shape index (κ3) is 5.36. The molecule has 2 aromatic carbocycles. The van der Waals surface area contributed by atoms with Crippen molar-refractivity contribution in [2.24, 2.45) is 0 Å². The van der Waals surface area contributed by atoms with Gasteiger partial charge in [0, 0.05) is 23.7 Å². The molecule has 0 saturated carbocycles. The fourth-order valence-electron chi connectivity index (χ4n) is 2.67. The molecule has 3 rings (SSSR count). The van der Waals surface area contributed by atoms with Gasteiger partial charge < -0.3 is 9.73 Å². The lowest BCUT2D eigenvalue weighted by molar-refractivity contribution is 0.0939. The van der Waals surface area contributed by atoms with Gasteiger partial charge in [-0.15, -0.1) is 0 Å². The van der Waals surface area contributed by atoms with Gasteiger partial charge in [0.05, 0.1) is 11.3 Å². The molecular weight excluding hydrogens is 419 g/mol. The van der Waals surface area contributed by atoms with Crippen molar-refractivity contribution in [3.63, 3.8) is 0 Å². The smallest absolute Gasteiger partial charge is 0.263 e. The SMILES string of the molecule is CC(Cc1ccco1)NC(=O)c1ccc(Cl)c(S(=O)(=O)Nc2ccc(F)cc2)c1. The van der Waals surface area contributed by atoms with Crippen molar-refractivity contribution in [2.45, 2.75) is 24.3 Å². The number of anilines is 1. The average Bonchev–Trinajstić information content (AvgIpc) is 3.16. The molecule has 0 spiro atoms. The summed E-state index contributed by atoms with van der Waals surface area (Å²) in [5.41, 5.74) is 0.310. The molecule has 6 nitrogen and oxygen atoms in total. The lowest BCUT2D eigenvalue weighted by atomic mass is 10.1. The predicted octanol–water partition coefficient (Wildman–Crippen LogP) is 4.23. The minimum absolute atomic E-state index is 0.0419. The highest BCUT2D eigenvalue weighted by atomic mass is 35.5. The van der Waals surface area contributed by atoms with Crippen molar-refractivity contribution in [3.8, 4) is 0 Å². The van der Waals surface area contributed by atoms with Crippen molar-refractivity contribution in [2.75, 3.05) is 4.72 Å². The van der Waals surface area contributed by atoms with E-state index in [0.29, 0.717) is 6.42 Å². The van der Waals surface area contributed by atoms with Crippen LogP contribution in [0.2, 0.25) is 5.02 Å². The molecule has 1 aromatic heterocycles. The molecular formula is C20H18ClFN2O4S. The van der Waals surface area contributed by atoms with Crippen LogP contribution >= 0.6 is 11.6 Å². The van der Waals surface area contributed by atoms with Crippen LogP contribution in [0, 0.1) is 5.82 Å². The third-order valence-electron chi connectivity index (χ3n) is 4.04. The number of halogens is 2. The number of benzene rings is 2. The number of rotatable bonds is 7. The first-order valence-corrected chi connectivity index (χ1v) is 10.5. The van der Waals surface area contributed by atoms with Crippen LogP contribution in [0.1, 0.15) is 23.0 Å². The van der Waals surface area contributed by atoms with Crippen LogP contribution in [-0.2, 0) is 16.4 Å². The Morgan fingerprint density at radius 3 is 2.55 bits per heavy atom. The lowest BCUT2D eigenvalue weighted by Crippen LogP contribution is -2.34. The van der Waals surface area contributed by atoms with Crippen molar-refractivity contribution in [1.82, 2.24) is 5.32 Å². The zero-order valence-corrected chi connectivity index (χ0v) is 16.9. The zero-order valence-electron chi connectivity index (χ0n) is 15.4. The second kappa shape index (κ2) is 8.67. The summed E-state index contributed by atoms with van der Waals surface area (Å²) < 4.78 is 46.0. The zero-order chi connectivity index (χ0) is 21.0. The van der Waals surface area contributed by atoms with Gasteiger partial charge >= 0.3 is 0 Å². The highest BCUT2D eigenvalue weighted by Crippen LogP contribution is 2.25. The van der Waals surface area contributed by atoms with Gasteiger partial charge in [-0.25, -0.2) is 12.8 Å². The molecule has 152 valence electrons. The molecule has 0 radical (unpaired) electrons. The Morgan fingerprint density at radius 1 is 1.17 bits per heavy atom. The number of carbonyl (C=O) groups is 1. The van der Waals surface area contributed by atoms with E-state index in [-0.39, 0.29) is 27.2 Å². The quantitative estimate of drug-likeness (QED) is 0.580. The summed E-state index contributed by atoms with van der Waals surface area (Å²) in [7, 11) is -4.08. The van der Waals surface area contributed by atoms with E-state index in [4.69, 9.17) is 16.0 Å². The van der Waals surface area contributed by atoms with Crippen LogP contribution in [0.15, 0.2) is 70.2 Å². The van der Waals surface area contributed by atoms with E-state index in [2.05, 4.69) is 10.0 Å². The predicted molar refractivity (Wildman–Crippen MR) is 108 cm³/mol. The summed E-state index contributed by atoms with van der Waals surface area (Å²) in [6.07, 6.45) is 2.04. The van der Waals surface area contributed by atoms with E-state index in [1.807, 2.05) is 6.92 Å². The number of nitrogens with one attached hydrogen (secondary N) is 2. The molecule has 1 unspecified atom stereocenters. The van der Waals surface area contributed by atoms with Gasteiger partial charge in [-0.3, -0.25) is 9.52 Å². The molecule has 1 atom stereocenters. The van der Waals surface area contributed by atoms with E-state index in [0.717, 1.165) is 17.9 Å². The summed E-state index contributed by atoms with van der Waals surface area (Å²) in [6.45, 7) is 1.81. The fraction of sp³-hybridized carbons (Fsp3) is 0.150. The van der Waals surface area contributed by atoms with E-state index < -0.39 is 21.7 Å². The number of carbonyl (C=O) groups excluding carboxylic acids is 1. The number of amides is 1. The maximum Gasteiger partial charge on any atom is 0.263 e. The van der Waals surface area contributed by atoms with Crippen molar-refractivity contribution < 1.29 is 22.0 Å². The average molecular weight is 437 g/mol. The second-order valence-electron chi connectivity index (χ2n) is 6.42. The Balaban J connectivity index is 1.77. The number of furan rings is 1. The van der Waals surface area contributed by atoms with Gasteiger partial charge in [0.25, 0.3) is 15.9 Å². The van der Waals surface area contributed by atoms with Crippen molar-refractivity contribution in [1.29, 1.82) is 0 Å². The Kier molecular flexibility index (Phi) is 6.24. The van der Waals surface area contributed by atoms with Crippen LogP contribution in [-0.4, -0.2) is 20.4 Å². The molecule has 29 heavy (non-hydrogen) atoms. The number of hydrogen-bond donors (Lipinski definition) is 2. The molecule has 0 aliphatic rings. The molecule has 3 aromatic rings. The molecule has 9 heteroatoms. The van der Waals surface area contributed by atoms with E-state index in [9.17, 15) is 17.6 Å². The van der Waals surface area contributed by atoms with E-state index in [1.54, 1.807) is 18.4 Å². The van der Waals surface area contributed by atoms with Gasteiger partial charge in [-0.2, -0.15) is 0 Å². The van der Waals surface area contributed by atoms with Crippen LogP contribution in [0.5, 0.6) is 0 Å². The topological polar surface area (TPSA) is 88.4 Å². The minimum Gasteiger partial charge on any atom is -0.469 e. The third-order valence-corrected chi connectivity index (χ3v) is 5.91. The fourth-order valence-corrected chi connectivity index (χ4v) is 4.25. The van der Waals surface area contributed by atoms with Crippen molar-refractivity contribution in [3.05, 3.63) is 83.0 Å². The van der Waals surface area contributed by atoms with E-state index >= 15 is 0 Å². The summed E-state index contributed by atoms with van der Waals surface area (Å²) in [4.78, 5) is 12.3. The maximum absolute atomic E-state index is 13.0. The summed E-state index contributed by atoms with van der Waals surface area (Å²) >= 11 is 6.05. The highest BCUT2D eigenvalue weighted by Gasteiger charge is 2.21. The molecule has 1 amide bonds. The van der Waals surface area contributed by atoms with Crippen LogP contribution in [0.3, 0.4) is 0 Å². The normalized spacial score (nSPS) is 12.4. The monoisotopic (exact) mass is 436 g/mol. The first kappa shape index (κ1) is 20.9. The van der Waals surface area contributed by atoms with Crippen molar-refractivity contribution >= 4 is 33.2 Å². The number of sulfonamides is 1. The minimum atomic E-state index is -4.08. The maximum atomic E-state index is 13.0. The largest absolute Gasteiger partial charge is 0.469 e. The molecule has 1 heterocycles. The highest BCUT2D eigenvalue weighted by molar-refractivity contribution is 7.92. The summed E-state index contributed by atoms with van der Waals surface area (Å²) in [5.74, 6) is -0.215. The van der Waals surface area contributed by atoms with Gasteiger partial charge in [-0.05, 0) is 61.5 Å². The molecule has 2 N–H and O–H groups in total. The van der Waals surface area contributed by atoms with Gasteiger partial charge in [0.1, 0.15) is 16.5 Å². The Labute approximate surface area is 172 Å². The molecule has 0 bridgehead atoms. The second-order valence-corrected chi connectivity index (χ2v) is 8.47. The molecule has 0 fully saturated rings. The Bertz CT molecular complexity index is 1100. The standard InChI is InChI=1S/C20H18ClFN2O4S/c1-13(11-17-3-2-10-28-17)23-20(25)14-4-9-18(21)19(12-14)29(26,27)24-16-7-5-15(22)6-8-16/h2-10,12-13,24H,11H2,1H3,(H,23,25). The van der Waals surface area contributed by atoms with E-state index in [1.165, 1.54) is 30.3 Å². The van der Waals surface area contributed by atoms with Crippen LogP contribution in [0.25, 0.3) is 0 Å². The number of hydrogen-bond acceptors (Lipinski definition) is 4. The Hall–Kier alpha value is -2.84. The lowest BCUT2D eigenvalue weighted by Gasteiger charge is -2.14. The first-order chi connectivity index (χ1) is 13.7. The Morgan fingerprint density at radius 2 is 1.90 bits per heavy atom. The summed E-state index contributed by atoms with van der Waals surface area (Å²) in [5, 5.41) is 2.75. The molecule has 0 aliphatic heterocycles. The molecule has 0 aliphatic carbocycles. The van der Waals surface area contributed by atoms with Gasteiger partial charge in [0.2, 0.25) is 0 Å². The van der Waals surface area contributed by atoms with Gasteiger partial charge in [-0.1, -0.05) is 11.6 Å². The van der Waals surface area contributed by atoms with Gasteiger partial charge in [0.15, 0.2) is 0 Å². The molecule has 0 saturated heterocycles. The van der Waals surface area contributed by atoms with Crippen LogP contribution in [0.4, 0.5) is 10.1 Å². The summed E-state index contributed by atoms with van der Waals surface area (Å²) in [6, 6.07) is 12.1. The van der Waals surface area contributed by atoms with Crippen LogP contribution < -0.4 is 10.0 Å². The first-order valence-electron chi connectivity index (χ1n) is 8.66.